The van der Waals surface area contributed by atoms with Gasteiger partial charge in [-0.1, -0.05) is 37.7 Å². The molecule has 0 bridgehead atoms. The second-order valence-corrected chi connectivity index (χ2v) is 12.1. The molecule has 0 aromatic carbocycles. The number of hydrogen-bond donors (Lipinski definition) is 5. The molecule has 7 unspecified atom stereocenters. The molecule has 1 saturated carbocycles. The number of nitrogens with zero attached hydrogens (tertiary/aromatic N) is 2. The average Bonchev–Trinajstić information content (AvgIpc) is 3.28. The van der Waals surface area contributed by atoms with Gasteiger partial charge in [0.25, 0.3) is 0 Å². The molecule has 0 aromatic rings. The van der Waals surface area contributed by atoms with E-state index in [1.807, 2.05) is 4.90 Å². The topological polar surface area (TPSA) is 107 Å². The molecule has 9 heteroatoms. The summed E-state index contributed by atoms with van der Waals surface area (Å²) >= 11 is 0. The number of likely N-dealkylation sites (tertiary alicyclic amines) is 2. The molecular formula is C29H49N7O2. The fourth-order valence-electron chi connectivity index (χ4n) is 7.43. The highest BCUT2D eigenvalue weighted by Crippen LogP contribution is 2.40. The molecule has 6 N–H and O–H groups in total. The van der Waals surface area contributed by atoms with Gasteiger partial charge in [-0.2, -0.15) is 0 Å². The first kappa shape index (κ1) is 28.0. The fourth-order valence-corrected chi connectivity index (χ4v) is 7.43. The molecule has 0 radical (unpaired) electrons. The first-order valence-corrected chi connectivity index (χ1v) is 15.0. The van der Waals surface area contributed by atoms with Crippen molar-refractivity contribution < 1.29 is 9.53 Å². The molecular weight excluding hydrogens is 478 g/mol. The summed E-state index contributed by atoms with van der Waals surface area (Å²) in [6, 6.07) is 0.707. The maximum atomic E-state index is 12.0. The van der Waals surface area contributed by atoms with Gasteiger partial charge in [-0.25, -0.2) is 0 Å². The minimum Gasteiger partial charge on any atom is -0.359 e. The smallest absolute Gasteiger partial charge is 0.245 e. The zero-order valence-electron chi connectivity index (χ0n) is 23.3. The van der Waals surface area contributed by atoms with Crippen LogP contribution in [0.1, 0.15) is 58.8 Å². The van der Waals surface area contributed by atoms with Gasteiger partial charge >= 0.3 is 0 Å². The monoisotopic (exact) mass is 527 g/mol. The lowest BCUT2D eigenvalue weighted by atomic mass is 9.79. The Labute approximate surface area is 229 Å². The quantitative estimate of drug-likeness (QED) is 0.263. The van der Waals surface area contributed by atoms with Crippen LogP contribution in [0.3, 0.4) is 0 Å². The van der Waals surface area contributed by atoms with Crippen LogP contribution in [0.4, 0.5) is 0 Å². The zero-order valence-corrected chi connectivity index (χ0v) is 23.3. The average molecular weight is 528 g/mol. The van der Waals surface area contributed by atoms with Crippen LogP contribution in [0.15, 0.2) is 12.7 Å². The number of carbonyl (C=O) groups is 1. The van der Waals surface area contributed by atoms with Crippen LogP contribution in [0.2, 0.25) is 0 Å². The largest absolute Gasteiger partial charge is 0.359 e. The van der Waals surface area contributed by atoms with E-state index in [2.05, 4.69) is 58.4 Å². The van der Waals surface area contributed by atoms with E-state index >= 15 is 0 Å². The Morgan fingerprint density at radius 2 is 1.76 bits per heavy atom. The third-order valence-electron chi connectivity index (χ3n) is 9.40. The highest BCUT2D eigenvalue weighted by Gasteiger charge is 2.55. The van der Waals surface area contributed by atoms with E-state index in [9.17, 15) is 4.79 Å². The third kappa shape index (κ3) is 6.12. The number of piperidine rings is 1. The Balaban J connectivity index is 1.30. The summed E-state index contributed by atoms with van der Waals surface area (Å²) in [5.74, 6) is 8.29. The Morgan fingerprint density at radius 1 is 1.00 bits per heavy atom. The number of amides is 1. The first-order valence-electron chi connectivity index (χ1n) is 15.0. The molecule has 1 amide bonds. The fraction of sp³-hybridized carbons (Fsp3) is 0.828. The summed E-state index contributed by atoms with van der Waals surface area (Å²) in [6.45, 7) is 12.0. The van der Waals surface area contributed by atoms with Crippen molar-refractivity contribution in [2.45, 2.75) is 102 Å². The standard InChI is InChI=1S/C29H49N7O2/c1-4-25(37)35-14-12-20(13-15-35)10-11-23-26(27-28(30)33-18-34-29(27)36(23)19(2)3)22-16-32-24(17-31-22)38-21-8-6-5-7-9-21/h4,19-24,26-29,31-34H,1,5-9,12-18,30H2,2-3H3. The van der Waals surface area contributed by atoms with Crippen molar-refractivity contribution in [1.82, 2.24) is 31.1 Å². The predicted octanol–water partition coefficient (Wildman–Crippen LogP) is 0.737. The van der Waals surface area contributed by atoms with Gasteiger partial charge in [0, 0.05) is 62.7 Å². The van der Waals surface area contributed by atoms with Crippen molar-refractivity contribution in [3.8, 4) is 11.8 Å². The molecule has 1 aliphatic carbocycles. The van der Waals surface area contributed by atoms with Crippen molar-refractivity contribution in [2.75, 3.05) is 32.8 Å². The Morgan fingerprint density at radius 3 is 2.42 bits per heavy atom. The van der Waals surface area contributed by atoms with E-state index in [0.29, 0.717) is 24.7 Å². The van der Waals surface area contributed by atoms with E-state index in [1.165, 1.54) is 38.2 Å². The lowest BCUT2D eigenvalue weighted by molar-refractivity contribution is -0.127. The van der Waals surface area contributed by atoms with E-state index in [-0.39, 0.29) is 48.4 Å². The van der Waals surface area contributed by atoms with E-state index < -0.39 is 0 Å². The third-order valence-corrected chi connectivity index (χ3v) is 9.40. The second-order valence-electron chi connectivity index (χ2n) is 12.1. The number of piperazine rings is 1. The normalized spacial score (nSPS) is 37.5. The summed E-state index contributed by atoms with van der Waals surface area (Å²) in [7, 11) is 0. The van der Waals surface area contributed by atoms with E-state index in [0.717, 1.165) is 39.0 Å². The molecule has 4 heterocycles. The van der Waals surface area contributed by atoms with Crippen LogP contribution in [0, 0.1) is 29.6 Å². The second kappa shape index (κ2) is 12.8. The Hall–Kier alpha value is -1.51. The maximum Gasteiger partial charge on any atom is 0.245 e. The van der Waals surface area contributed by atoms with Crippen LogP contribution in [0.25, 0.3) is 0 Å². The molecule has 4 aliphatic heterocycles. The maximum absolute atomic E-state index is 12.0. The van der Waals surface area contributed by atoms with Crippen molar-refractivity contribution in [2.24, 2.45) is 23.5 Å². The van der Waals surface area contributed by atoms with Gasteiger partial charge in [0.2, 0.25) is 5.91 Å². The summed E-state index contributed by atoms with van der Waals surface area (Å²) in [4.78, 5) is 16.5. The summed E-state index contributed by atoms with van der Waals surface area (Å²) in [6.07, 6.45) is 10.1. The van der Waals surface area contributed by atoms with Crippen LogP contribution in [-0.4, -0.2) is 91.3 Å². The predicted molar refractivity (Wildman–Crippen MR) is 149 cm³/mol. The number of hydrogen-bond acceptors (Lipinski definition) is 8. The van der Waals surface area contributed by atoms with Crippen molar-refractivity contribution in [3.63, 3.8) is 0 Å². The van der Waals surface area contributed by atoms with Gasteiger partial charge in [-0.3, -0.25) is 25.6 Å². The van der Waals surface area contributed by atoms with Crippen molar-refractivity contribution >= 4 is 5.91 Å². The Bertz CT molecular complexity index is 866. The van der Waals surface area contributed by atoms with Gasteiger partial charge < -0.3 is 20.7 Å². The van der Waals surface area contributed by atoms with Gasteiger partial charge in [0.05, 0.1) is 24.5 Å². The first-order chi connectivity index (χ1) is 18.5. The minimum absolute atomic E-state index is 0.0246. The van der Waals surface area contributed by atoms with E-state index in [4.69, 9.17) is 10.5 Å². The van der Waals surface area contributed by atoms with Crippen LogP contribution in [-0.2, 0) is 9.53 Å². The summed E-state index contributed by atoms with van der Waals surface area (Å²) in [5.41, 5.74) is 6.74. The molecule has 9 nitrogen and oxygen atoms in total. The lowest BCUT2D eigenvalue weighted by Gasteiger charge is -2.42. The molecule has 4 saturated heterocycles. The van der Waals surface area contributed by atoms with E-state index in [1.54, 1.807) is 0 Å². The number of ether oxygens (including phenoxy) is 1. The van der Waals surface area contributed by atoms with Gasteiger partial charge in [0.15, 0.2) is 0 Å². The summed E-state index contributed by atoms with van der Waals surface area (Å²) in [5, 5.41) is 14.7. The molecule has 5 rings (SSSR count). The lowest BCUT2D eigenvalue weighted by Crippen LogP contribution is -2.66. The van der Waals surface area contributed by atoms with Crippen molar-refractivity contribution in [1.29, 1.82) is 0 Å². The molecule has 7 atom stereocenters. The SMILES string of the molecule is C=CC(=O)N1CCC(C#CC2C(C3CNC(OC4CCCCC4)CN3)C3C(N)NCNC3N2C(C)C)CC1. The molecule has 5 aliphatic rings. The number of nitrogens with two attached hydrogens (primary N) is 1. The number of rotatable bonds is 5. The van der Waals surface area contributed by atoms with Crippen LogP contribution < -0.4 is 27.0 Å². The Kier molecular flexibility index (Phi) is 9.42. The molecule has 0 spiro atoms. The number of nitrogens with one attached hydrogen (secondary N) is 4. The zero-order chi connectivity index (χ0) is 26.6. The minimum atomic E-state index is -0.0783. The molecule has 212 valence electrons. The van der Waals surface area contributed by atoms with Gasteiger partial charge in [-0.05, 0) is 45.6 Å². The summed E-state index contributed by atoms with van der Waals surface area (Å²) < 4.78 is 6.42. The molecule has 5 fully saturated rings. The van der Waals surface area contributed by atoms with Gasteiger partial charge in [0.1, 0.15) is 6.23 Å². The van der Waals surface area contributed by atoms with Crippen LogP contribution >= 0.6 is 0 Å². The van der Waals surface area contributed by atoms with Gasteiger partial charge in [-0.15, -0.1) is 0 Å². The molecule has 0 aromatic heterocycles. The van der Waals surface area contributed by atoms with Crippen LogP contribution in [0.5, 0.6) is 0 Å². The van der Waals surface area contributed by atoms with Crippen molar-refractivity contribution in [3.05, 3.63) is 12.7 Å². The number of fused-ring (bicyclic) bond motifs is 1. The molecule has 38 heavy (non-hydrogen) atoms. The highest BCUT2D eigenvalue weighted by atomic mass is 16.5. The highest BCUT2D eigenvalue weighted by molar-refractivity contribution is 5.87. The number of carbonyl (C=O) groups excluding carboxylic acids is 1.